The highest BCUT2D eigenvalue weighted by Crippen LogP contribution is 2.23. The van der Waals surface area contributed by atoms with Gasteiger partial charge in [0.1, 0.15) is 6.04 Å². The van der Waals surface area contributed by atoms with Crippen LogP contribution in [0.25, 0.3) is 0 Å². The Labute approximate surface area is 308 Å². The molecule has 3 aromatic rings. The Morgan fingerprint density at radius 1 is 0.840 bits per heavy atom. The van der Waals surface area contributed by atoms with Crippen LogP contribution in [0.5, 0.6) is 0 Å². The zero-order valence-corrected chi connectivity index (χ0v) is 32.2. The van der Waals surface area contributed by atoms with E-state index >= 15 is 0 Å². The maximum absolute atomic E-state index is 13.9. The number of nitrogens with one attached hydrogen (secondary N) is 4. The van der Waals surface area contributed by atoms with Crippen molar-refractivity contribution in [3.05, 3.63) is 98.6 Å². The zero-order chi connectivity index (χ0) is 37.2. The van der Waals surface area contributed by atoms with Gasteiger partial charge in [0, 0.05) is 34.8 Å². The van der Waals surface area contributed by atoms with E-state index in [1.165, 1.54) is 32.2 Å². The molecule has 5 atom stereocenters. The lowest BCUT2D eigenvalue weighted by Gasteiger charge is -2.28. The summed E-state index contributed by atoms with van der Waals surface area (Å²) < 4.78 is 27.0. The number of nitrogens with zero attached hydrogens (tertiary/aromatic N) is 1. The molecular formula is C36H48IN5O7S. The Morgan fingerprint density at radius 3 is 1.96 bits per heavy atom. The van der Waals surface area contributed by atoms with Gasteiger partial charge < -0.3 is 31.5 Å². The van der Waals surface area contributed by atoms with Crippen molar-refractivity contribution >= 4 is 56.0 Å². The van der Waals surface area contributed by atoms with E-state index in [-0.39, 0.29) is 41.7 Å². The summed E-state index contributed by atoms with van der Waals surface area (Å²) in [6.45, 7) is 7.45. The molecule has 0 fully saturated rings. The van der Waals surface area contributed by atoms with Crippen LogP contribution in [0.1, 0.15) is 65.6 Å². The van der Waals surface area contributed by atoms with Crippen molar-refractivity contribution in [3.63, 3.8) is 0 Å². The lowest BCUT2D eigenvalue weighted by molar-refractivity contribution is -0.125. The summed E-state index contributed by atoms with van der Waals surface area (Å²) >= 11 is 2.19. The first-order valence-electron chi connectivity index (χ1n) is 16.3. The number of aliphatic hydroxyl groups excluding tert-OH is 2. The van der Waals surface area contributed by atoms with E-state index in [9.17, 15) is 33.0 Å². The smallest absolute Gasteiger partial charge is 0.251 e. The van der Waals surface area contributed by atoms with Gasteiger partial charge in [0.05, 0.1) is 36.2 Å². The highest BCUT2D eigenvalue weighted by molar-refractivity contribution is 14.1. The lowest BCUT2D eigenvalue weighted by atomic mass is 9.99. The van der Waals surface area contributed by atoms with Crippen molar-refractivity contribution in [2.24, 2.45) is 5.92 Å². The van der Waals surface area contributed by atoms with Crippen LogP contribution in [0.15, 0.2) is 72.8 Å². The Balaban J connectivity index is 1.91. The third-order valence-electron chi connectivity index (χ3n) is 8.10. The van der Waals surface area contributed by atoms with E-state index in [2.05, 4.69) is 43.9 Å². The number of benzene rings is 3. The van der Waals surface area contributed by atoms with Crippen LogP contribution in [0.3, 0.4) is 0 Å². The van der Waals surface area contributed by atoms with Gasteiger partial charge in [0.25, 0.3) is 11.8 Å². The molecule has 0 spiro atoms. The SMILES string of the molecule is CC(C)CNC(=O)[C@@H](NC[C@@H](O)[C@H](Cc1ccccc1)NC(=O)c1cc(C(=O)N[C@H](C)c2ccc(I)cc2)cc(N(C)S(C)(=O)=O)c1)[C@H](C)O. The summed E-state index contributed by atoms with van der Waals surface area (Å²) in [5, 5.41) is 33.2. The molecule has 0 heterocycles. The maximum atomic E-state index is 13.9. The third-order valence-corrected chi connectivity index (χ3v) is 10.0. The van der Waals surface area contributed by atoms with Gasteiger partial charge in [0.15, 0.2) is 0 Å². The van der Waals surface area contributed by atoms with E-state index < -0.39 is 52.0 Å². The van der Waals surface area contributed by atoms with Gasteiger partial charge in [0.2, 0.25) is 15.9 Å². The van der Waals surface area contributed by atoms with Gasteiger partial charge in [-0.25, -0.2) is 8.42 Å². The van der Waals surface area contributed by atoms with Gasteiger partial charge in [-0.2, -0.15) is 0 Å². The summed E-state index contributed by atoms with van der Waals surface area (Å²) in [5.41, 5.74) is 1.84. The standard InChI is InChI=1S/C36H48IN5O7S/c1-22(2)20-39-36(47)33(24(4)43)38-21-32(44)31(16-25-10-8-7-9-11-25)41-35(46)28-17-27(18-30(19-28)42(5)50(6,48)49)34(45)40-23(3)26-12-14-29(37)15-13-26/h7-15,17-19,22-24,31-33,38,43-44H,16,20-21H2,1-6H3,(H,39,47)(H,40,45)(H,41,46)/t23-,24+,31+,32-,33+/m1/s1. The minimum atomic E-state index is -3.76. The quantitative estimate of drug-likeness (QED) is 0.113. The van der Waals surface area contributed by atoms with E-state index in [0.29, 0.717) is 6.54 Å². The molecule has 3 aromatic carbocycles. The molecule has 0 aromatic heterocycles. The van der Waals surface area contributed by atoms with Crippen molar-refractivity contribution in [2.75, 3.05) is 30.7 Å². The zero-order valence-electron chi connectivity index (χ0n) is 29.2. The molecule has 0 unspecified atom stereocenters. The molecule has 12 nitrogen and oxygen atoms in total. The van der Waals surface area contributed by atoms with E-state index in [1.807, 2.05) is 75.4 Å². The van der Waals surface area contributed by atoms with Gasteiger partial charge >= 0.3 is 0 Å². The van der Waals surface area contributed by atoms with Crippen molar-refractivity contribution in [1.82, 2.24) is 21.3 Å². The first kappa shape index (κ1) is 40.9. The molecule has 50 heavy (non-hydrogen) atoms. The Morgan fingerprint density at radius 2 is 1.42 bits per heavy atom. The number of aliphatic hydroxyl groups is 2. The first-order chi connectivity index (χ1) is 23.5. The fourth-order valence-electron chi connectivity index (χ4n) is 5.05. The van der Waals surface area contributed by atoms with Crippen molar-refractivity contribution in [3.8, 4) is 0 Å². The van der Waals surface area contributed by atoms with Crippen LogP contribution in [0.2, 0.25) is 0 Å². The fourth-order valence-corrected chi connectivity index (χ4v) is 5.90. The minimum Gasteiger partial charge on any atom is -0.391 e. The molecule has 3 amide bonds. The Bertz CT molecular complexity index is 1710. The summed E-state index contributed by atoms with van der Waals surface area (Å²) in [5.74, 6) is -1.39. The molecular weight excluding hydrogens is 773 g/mol. The topological polar surface area (TPSA) is 177 Å². The number of amides is 3. The molecule has 0 aliphatic heterocycles. The highest BCUT2D eigenvalue weighted by atomic mass is 127. The summed E-state index contributed by atoms with van der Waals surface area (Å²) in [4.78, 5) is 40.1. The highest BCUT2D eigenvalue weighted by Gasteiger charge is 2.28. The molecule has 0 saturated carbocycles. The number of halogens is 1. The van der Waals surface area contributed by atoms with E-state index in [4.69, 9.17) is 0 Å². The second kappa shape index (κ2) is 18.6. The predicted octanol–water partition coefficient (Wildman–Crippen LogP) is 2.99. The largest absolute Gasteiger partial charge is 0.391 e. The molecule has 272 valence electrons. The van der Waals surface area contributed by atoms with Crippen LogP contribution in [-0.4, -0.2) is 87.0 Å². The van der Waals surface area contributed by atoms with Crippen molar-refractivity contribution in [1.29, 1.82) is 0 Å². The van der Waals surface area contributed by atoms with Crippen LogP contribution in [-0.2, 0) is 21.2 Å². The number of hydrogen-bond acceptors (Lipinski definition) is 8. The van der Waals surface area contributed by atoms with Crippen molar-refractivity contribution in [2.45, 2.75) is 64.4 Å². The minimum absolute atomic E-state index is 0.00166. The fraction of sp³-hybridized carbons (Fsp3) is 0.417. The Hall–Kier alpha value is -3.57. The monoisotopic (exact) mass is 821 g/mol. The van der Waals surface area contributed by atoms with Gasteiger partial charge in [-0.1, -0.05) is 56.3 Å². The van der Waals surface area contributed by atoms with Crippen molar-refractivity contribution < 1.29 is 33.0 Å². The number of sulfonamides is 1. The number of carbonyl (C=O) groups is 3. The van der Waals surface area contributed by atoms with Gasteiger partial charge in [-0.15, -0.1) is 0 Å². The molecule has 6 N–H and O–H groups in total. The Kier molecular flexibility index (Phi) is 15.2. The van der Waals surface area contributed by atoms with Crippen LogP contribution in [0, 0.1) is 9.49 Å². The molecule has 3 rings (SSSR count). The van der Waals surface area contributed by atoms with E-state index in [0.717, 1.165) is 25.3 Å². The normalized spacial score (nSPS) is 14.6. The second-order valence-electron chi connectivity index (χ2n) is 12.8. The van der Waals surface area contributed by atoms with Gasteiger partial charge in [-0.05, 0) is 90.2 Å². The molecule has 0 saturated heterocycles. The molecule has 0 aliphatic rings. The first-order valence-corrected chi connectivity index (χ1v) is 19.3. The second-order valence-corrected chi connectivity index (χ2v) is 16.1. The third kappa shape index (κ3) is 12.3. The number of anilines is 1. The van der Waals surface area contributed by atoms with Crippen LogP contribution in [0.4, 0.5) is 5.69 Å². The number of rotatable bonds is 17. The molecule has 0 bridgehead atoms. The van der Waals surface area contributed by atoms with Crippen LogP contribution < -0.4 is 25.6 Å². The van der Waals surface area contributed by atoms with Gasteiger partial charge in [-0.3, -0.25) is 18.7 Å². The maximum Gasteiger partial charge on any atom is 0.251 e. The van der Waals surface area contributed by atoms with E-state index in [1.54, 1.807) is 0 Å². The predicted molar refractivity (Wildman–Crippen MR) is 203 cm³/mol. The average Bonchev–Trinajstić information content (AvgIpc) is 3.06. The lowest BCUT2D eigenvalue weighted by Crippen LogP contribution is -2.55. The van der Waals surface area contributed by atoms with Crippen LogP contribution >= 0.6 is 22.6 Å². The molecule has 14 heteroatoms. The summed E-state index contributed by atoms with van der Waals surface area (Å²) in [6, 6.07) is 18.7. The summed E-state index contributed by atoms with van der Waals surface area (Å²) in [7, 11) is -2.43. The summed E-state index contributed by atoms with van der Waals surface area (Å²) in [6.07, 6.45) is -1.07. The number of carbonyl (C=O) groups excluding carboxylic acids is 3. The number of hydrogen-bond donors (Lipinski definition) is 6. The molecule has 0 radical (unpaired) electrons. The average molecular weight is 822 g/mol. The molecule has 0 aliphatic carbocycles.